The van der Waals surface area contributed by atoms with Gasteiger partial charge in [-0.05, 0) is 30.9 Å². The summed E-state index contributed by atoms with van der Waals surface area (Å²) in [5.74, 6) is -0.703. The Labute approximate surface area is 157 Å². The number of urea groups is 1. The fourth-order valence-electron chi connectivity index (χ4n) is 2.99. The predicted molar refractivity (Wildman–Crippen MR) is 101 cm³/mol. The van der Waals surface area contributed by atoms with Crippen molar-refractivity contribution < 1.29 is 22.7 Å². The lowest BCUT2D eigenvalue weighted by Crippen LogP contribution is -2.45. The van der Waals surface area contributed by atoms with Gasteiger partial charge in [0.05, 0.1) is 10.6 Å². The summed E-state index contributed by atoms with van der Waals surface area (Å²) in [6.45, 7) is 2.88. The van der Waals surface area contributed by atoms with E-state index in [0.717, 1.165) is 9.69 Å². The lowest BCUT2D eigenvalue weighted by molar-refractivity contribution is -0.118. The van der Waals surface area contributed by atoms with E-state index in [4.69, 9.17) is 4.74 Å². The number of carbonyl (C=O) groups excluding carboxylic acids is 2. The summed E-state index contributed by atoms with van der Waals surface area (Å²) in [5.41, 5.74) is 0.440. The number of sulfonamides is 1. The van der Waals surface area contributed by atoms with Crippen molar-refractivity contribution in [1.29, 1.82) is 0 Å². The quantitative estimate of drug-likeness (QED) is 0.698. The third-order valence-corrected chi connectivity index (χ3v) is 5.98. The van der Waals surface area contributed by atoms with Crippen LogP contribution in [0.5, 0.6) is 0 Å². The summed E-state index contributed by atoms with van der Waals surface area (Å²) in [4.78, 5) is 24.1. The molecule has 144 valence electrons. The van der Waals surface area contributed by atoms with Gasteiger partial charge in [0, 0.05) is 25.1 Å². The number of hydrogen-bond acceptors (Lipinski definition) is 5. The summed E-state index contributed by atoms with van der Waals surface area (Å²) >= 11 is 0. The maximum atomic E-state index is 12.8. The smallest absolute Gasteiger partial charge is 0.321 e. The van der Waals surface area contributed by atoms with E-state index >= 15 is 0 Å². The number of anilines is 1. The lowest BCUT2D eigenvalue weighted by Gasteiger charge is -2.18. The lowest BCUT2D eigenvalue weighted by atomic mass is 10.1. The van der Waals surface area contributed by atoms with E-state index in [9.17, 15) is 18.0 Å². The third kappa shape index (κ3) is 3.88. The second kappa shape index (κ2) is 7.93. The van der Waals surface area contributed by atoms with Crippen molar-refractivity contribution in [2.45, 2.75) is 18.2 Å². The van der Waals surface area contributed by atoms with Crippen LogP contribution in [-0.4, -0.2) is 46.7 Å². The van der Waals surface area contributed by atoms with Crippen LogP contribution in [0.15, 0.2) is 41.3 Å². The highest BCUT2D eigenvalue weighted by Gasteiger charge is 2.36. The maximum absolute atomic E-state index is 12.8. The molecule has 0 saturated carbocycles. The Morgan fingerprint density at radius 2 is 1.89 bits per heavy atom. The average Bonchev–Trinajstić information content (AvgIpc) is 2.85. The maximum Gasteiger partial charge on any atom is 0.321 e. The van der Waals surface area contributed by atoms with Crippen molar-refractivity contribution in [3.05, 3.63) is 36.4 Å². The molecule has 0 aromatic heterocycles. The number of carbonyl (C=O) groups is 2. The van der Waals surface area contributed by atoms with Gasteiger partial charge in [0.25, 0.3) is 10.0 Å². The summed E-state index contributed by atoms with van der Waals surface area (Å²) in [6, 6.07) is 9.54. The number of imide groups is 1. The highest BCUT2D eigenvalue weighted by molar-refractivity contribution is 7.93. The third-order valence-electron chi connectivity index (χ3n) is 4.18. The van der Waals surface area contributed by atoms with Gasteiger partial charge < -0.3 is 10.1 Å². The zero-order chi connectivity index (χ0) is 19.4. The molecule has 3 rings (SSSR count). The molecular formula is C18H21N3O5S. The summed E-state index contributed by atoms with van der Waals surface area (Å²) < 4.78 is 31.8. The molecule has 1 aliphatic rings. The SMILES string of the molecule is CCOCCCNC(=O)NC(=O)CN1c2cccc3cccc(c23)S1(=O)=O. The Bertz CT molecular complexity index is 969. The zero-order valence-corrected chi connectivity index (χ0v) is 15.7. The van der Waals surface area contributed by atoms with E-state index in [1.807, 2.05) is 19.1 Å². The highest BCUT2D eigenvalue weighted by atomic mass is 32.2. The molecule has 0 unspecified atom stereocenters. The molecule has 0 fully saturated rings. The monoisotopic (exact) mass is 391 g/mol. The van der Waals surface area contributed by atoms with Crippen molar-refractivity contribution in [3.63, 3.8) is 0 Å². The second-order valence-electron chi connectivity index (χ2n) is 6.00. The average molecular weight is 391 g/mol. The Balaban J connectivity index is 1.65. The molecule has 0 saturated heterocycles. The van der Waals surface area contributed by atoms with E-state index in [1.54, 1.807) is 18.2 Å². The molecule has 1 heterocycles. The number of hydrogen-bond donors (Lipinski definition) is 2. The van der Waals surface area contributed by atoms with Gasteiger partial charge in [0.15, 0.2) is 0 Å². The van der Waals surface area contributed by atoms with Crippen molar-refractivity contribution in [1.82, 2.24) is 10.6 Å². The van der Waals surface area contributed by atoms with Gasteiger partial charge in [0.2, 0.25) is 5.91 Å². The molecule has 8 nitrogen and oxygen atoms in total. The van der Waals surface area contributed by atoms with Gasteiger partial charge >= 0.3 is 6.03 Å². The second-order valence-corrected chi connectivity index (χ2v) is 7.83. The Hall–Kier alpha value is -2.65. The minimum atomic E-state index is -3.83. The molecular weight excluding hydrogens is 370 g/mol. The molecule has 0 aliphatic carbocycles. The van der Waals surface area contributed by atoms with Gasteiger partial charge in [-0.1, -0.05) is 24.3 Å². The number of nitrogens with one attached hydrogen (secondary N) is 2. The predicted octanol–water partition coefficient (Wildman–Crippen LogP) is 1.60. The first kappa shape index (κ1) is 19.1. The molecule has 0 radical (unpaired) electrons. The number of benzene rings is 2. The minimum absolute atomic E-state index is 0.170. The highest BCUT2D eigenvalue weighted by Crippen LogP contribution is 2.41. The van der Waals surface area contributed by atoms with Gasteiger partial charge in [-0.15, -0.1) is 0 Å². The molecule has 9 heteroatoms. The van der Waals surface area contributed by atoms with Crippen LogP contribution in [0.2, 0.25) is 0 Å². The summed E-state index contributed by atoms with van der Waals surface area (Å²) in [7, 11) is -3.83. The fraction of sp³-hybridized carbons (Fsp3) is 0.333. The molecule has 27 heavy (non-hydrogen) atoms. The van der Waals surface area contributed by atoms with Crippen LogP contribution in [-0.2, 0) is 19.6 Å². The number of rotatable bonds is 7. The van der Waals surface area contributed by atoms with Crippen LogP contribution in [0.3, 0.4) is 0 Å². The molecule has 0 spiro atoms. The van der Waals surface area contributed by atoms with E-state index in [0.29, 0.717) is 37.3 Å². The topological polar surface area (TPSA) is 105 Å². The van der Waals surface area contributed by atoms with Crippen LogP contribution in [0.4, 0.5) is 10.5 Å². The Morgan fingerprint density at radius 1 is 1.15 bits per heavy atom. The standard InChI is InChI=1S/C18H21N3O5S/c1-2-26-11-5-10-19-18(23)20-16(22)12-21-14-8-3-6-13-7-4-9-15(17(13)14)27(21,24)25/h3-4,6-9H,2,5,10-12H2,1H3,(H2,19,20,22,23). The van der Waals surface area contributed by atoms with E-state index < -0.39 is 28.5 Å². The van der Waals surface area contributed by atoms with Crippen molar-refractivity contribution in [3.8, 4) is 0 Å². The molecule has 0 bridgehead atoms. The molecule has 0 atom stereocenters. The Morgan fingerprint density at radius 3 is 2.63 bits per heavy atom. The van der Waals surface area contributed by atoms with Crippen molar-refractivity contribution in [2.24, 2.45) is 0 Å². The summed E-state index contributed by atoms with van der Waals surface area (Å²) in [5, 5.41) is 6.07. The van der Waals surface area contributed by atoms with Crippen LogP contribution in [0.1, 0.15) is 13.3 Å². The number of ether oxygens (including phenoxy) is 1. The first-order valence-electron chi connectivity index (χ1n) is 8.65. The van der Waals surface area contributed by atoms with Gasteiger partial charge in [-0.25, -0.2) is 13.2 Å². The van der Waals surface area contributed by atoms with E-state index in [2.05, 4.69) is 10.6 Å². The van der Waals surface area contributed by atoms with Gasteiger partial charge in [-0.2, -0.15) is 0 Å². The van der Waals surface area contributed by atoms with Crippen molar-refractivity contribution in [2.75, 3.05) is 30.6 Å². The molecule has 2 N–H and O–H groups in total. The van der Waals surface area contributed by atoms with E-state index in [-0.39, 0.29) is 4.90 Å². The normalized spacial score (nSPS) is 14.3. The molecule has 3 amide bonds. The van der Waals surface area contributed by atoms with Crippen LogP contribution in [0, 0.1) is 0 Å². The molecule has 2 aromatic carbocycles. The number of amides is 3. The first-order valence-corrected chi connectivity index (χ1v) is 10.1. The Kier molecular flexibility index (Phi) is 5.62. The minimum Gasteiger partial charge on any atom is -0.382 e. The van der Waals surface area contributed by atoms with Gasteiger partial charge in [0.1, 0.15) is 6.54 Å². The molecule has 2 aromatic rings. The van der Waals surface area contributed by atoms with Crippen LogP contribution in [0.25, 0.3) is 10.8 Å². The van der Waals surface area contributed by atoms with E-state index in [1.165, 1.54) is 6.07 Å². The first-order chi connectivity index (χ1) is 12.9. The van der Waals surface area contributed by atoms with Crippen molar-refractivity contribution >= 4 is 38.4 Å². The van der Waals surface area contributed by atoms with Crippen LogP contribution < -0.4 is 14.9 Å². The molecule has 1 aliphatic heterocycles. The zero-order valence-electron chi connectivity index (χ0n) is 14.9. The summed E-state index contributed by atoms with van der Waals surface area (Å²) in [6.07, 6.45) is 0.618. The fourth-order valence-corrected chi connectivity index (χ4v) is 4.66. The van der Waals surface area contributed by atoms with Gasteiger partial charge in [-0.3, -0.25) is 14.4 Å². The number of nitrogens with zero attached hydrogens (tertiary/aromatic N) is 1. The van der Waals surface area contributed by atoms with Crippen LogP contribution >= 0.6 is 0 Å². The largest absolute Gasteiger partial charge is 0.382 e.